The molecule has 1 saturated heterocycles. The summed E-state index contributed by atoms with van der Waals surface area (Å²) >= 11 is 0. The highest BCUT2D eigenvalue weighted by molar-refractivity contribution is 4.67. The van der Waals surface area contributed by atoms with E-state index in [0.717, 1.165) is 12.8 Å². The molecule has 0 aromatic rings. The number of piperidine rings is 1. The van der Waals surface area contributed by atoms with Crippen LogP contribution in [0.15, 0.2) is 0 Å². The summed E-state index contributed by atoms with van der Waals surface area (Å²) in [5.41, 5.74) is -0.470. The maximum Gasteiger partial charge on any atom is 0.0591 e. The monoisotopic (exact) mass is 199 g/mol. The molecule has 0 radical (unpaired) electrons. The molecule has 0 spiro atoms. The number of rotatable bonds is 5. The predicted molar refractivity (Wildman–Crippen MR) is 60.4 cm³/mol. The second-order valence-electron chi connectivity index (χ2n) is 5.17. The molecule has 1 heterocycles. The Hall–Kier alpha value is -0.0800. The number of likely N-dealkylation sites (tertiary alicyclic amines) is 1. The van der Waals surface area contributed by atoms with Crippen LogP contribution in [0.2, 0.25) is 0 Å². The zero-order chi connectivity index (χ0) is 10.4. The van der Waals surface area contributed by atoms with Crippen LogP contribution in [0.1, 0.15) is 52.4 Å². The van der Waals surface area contributed by atoms with Crippen molar-refractivity contribution in [1.82, 2.24) is 4.90 Å². The average molecular weight is 199 g/mol. The Morgan fingerprint density at radius 2 is 1.71 bits per heavy atom. The molecule has 14 heavy (non-hydrogen) atoms. The van der Waals surface area contributed by atoms with Gasteiger partial charge >= 0.3 is 0 Å². The average Bonchev–Trinajstić information content (AvgIpc) is 2.13. The van der Waals surface area contributed by atoms with E-state index < -0.39 is 5.60 Å². The van der Waals surface area contributed by atoms with Crippen molar-refractivity contribution in [3.05, 3.63) is 0 Å². The molecule has 0 aromatic heterocycles. The van der Waals surface area contributed by atoms with Gasteiger partial charge in [-0.15, -0.1) is 0 Å². The highest BCUT2D eigenvalue weighted by atomic mass is 16.3. The van der Waals surface area contributed by atoms with Crippen molar-refractivity contribution < 1.29 is 5.11 Å². The minimum atomic E-state index is -0.470. The van der Waals surface area contributed by atoms with Crippen molar-refractivity contribution in [2.45, 2.75) is 58.0 Å². The first-order valence-corrected chi connectivity index (χ1v) is 6.03. The van der Waals surface area contributed by atoms with Crippen LogP contribution in [0.25, 0.3) is 0 Å². The van der Waals surface area contributed by atoms with Crippen molar-refractivity contribution in [3.63, 3.8) is 0 Å². The zero-order valence-corrected chi connectivity index (χ0v) is 9.76. The summed E-state index contributed by atoms with van der Waals surface area (Å²) in [4.78, 5) is 2.56. The fourth-order valence-electron chi connectivity index (χ4n) is 2.08. The van der Waals surface area contributed by atoms with E-state index in [9.17, 15) is 5.11 Å². The summed E-state index contributed by atoms with van der Waals surface area (Å²) in [5, 5.41) is 9.54. The number of unbranched alkanes of at least 4 members (excludes halogenated alkanes) is 1. The molecule has 0 aromatic carbocycles. The number of nitrogens with zero attached hydrogens (tertiary/aromatic N) is 1. The van der Waals surface area contributed by atoms with Gasteiger partial charge in [0.05, 0.1) is 5.60 Å². The van der Waals surface area contributed by atoms with Gasteiger partial charge in [-0.1, -0.05) is 6.42 Å². The summed E-state index contributed by atoms with van der Waals surface area (Å²) in [7, 11) is 0. The molecule has 0 aliphatic carbocycles. The Balaban J connectivity index is 1.97. The molecule has 0 bridgehead atoms. The molecule has 0 atom stereocenters. The zero-order valence-electron chi connectivity index (χ0n) is 9.76. The van der Waals surface area contributed by atoms with Gasteiger partial charge in [0, 0.05) is 0 Å². The first-order valence-electron chi connectivity index (χ1n) is 6.03. The van der Waals surface area contributed by atoms with Gasteiger partial charge in [0.2, 0.25) is 0 Å². The lowest BCUT2D eigenvalue weighted by molar-refractivity contribution is 0.0669. The van der Waals surface area contributed by atoms with Gasteiger partial charge in [-0.2, -0.15) is 0 Å². The molecule has 0 amide bonds. The van der Waals surface area contributed by atoms with Crippen molar-refractivity contribution in [2.24, 2.45) is 0 Å². The van der Waals surface area contributed by atoms with Gasteiger partial charge < -0.3 is 10.0 Å². The first kappa shape index (κ1) is 12.0. The van der Waals surface area contributed by atoms with E-state index in [1.54, 1.807) is 0 Å². The standard InChI is InChI=1S/C12H25NO/c1-12(2,14)8-4-7-11-13-9-5-3-6-10-13/h14H,3-11H2,1-2H3. The molecule has 0 saturated carbocycles. The van der Waals surface area contributed by atoms with Crippen LogP contribution in [-0.4, -0.2) is 35.2 Å². The van der Waals surface area contributed by atoms with E-state index in [2.05, 4.69) is 4.90 Å². The fourth-order valence-corrected chi connectivity index (χ4v) is 2.08. The number of aliphatic hydroxyl groups is 1. The Morgan fingerprint density at radius 1 is 1.07 bits per heavy atom. The number of hydrogen-bond acceptors (Lipinski definition) is 2. The minimum absolute atomic E-state index is 0.470. The van der Waals surface area contributed by atoms with Crippen LogP contribution in [0, 0.1) is 0 Å². The SMILES string of the molecule is CC(C)(O)CCCCN1CCCCC1. The van der Waals surface area contributed by atoms with E-state index in [-0.39, 0.29) is 0 Å². The number of hydrogen-bond donors (Lipinski definition) is 1. The van der Waals surface area contributed by atoms with Gasteiger partial charge in [-0.3, -0.25) is 0 Å². The van der Waals surface area contributed by atoms with Gasteiger partial charge in [0.15, 0.2) is 0 Å². The van der Waals surface area contributed by atoms with E-state index in [0.29, 0.717) is 0 Å². The molecular formula is C12H25NO. The summed E-state index contributed by atoms with van der Waals surface area (Å²) in [6, 6.07) is 0. The Bertz CT molecular complexity index is 145. The van der Waals surface area contributed by atoms with Crippen LogP contribution in [0.3, 0.4) is 0 Å². The van der Waals surface area contributed by atoms with Crippen LogP contribution in [0.4, 0.5) is 0 Å². The van der Waals surface area contributed by atoms with Crippen LogP contribution < -0.4 is 0 Å². The minimum Gasteiger partial charge on any atom is -0.390 e. The Labute approximate surface area is 88.3 Å². The summed E-state index contributed by atoms with van der Waals surface area (Å²) in [5.74, 6) is 0. The second-order valence-corrected chi connectivity index (χ2v) is 5.17. The third kappa shape index (κ3) is 5.61. The Morgan fingerprint density at radius 3 is 2.29 bits per heavy atom. The molecule has 0 unspecified atom stereocenters. The molecule has 1 fully saturated rings. The molecule has 2 heteroatoms. The maximum absolute atomic E-state index is 9.54. The van der Waals surface area contributed by atoms with Gasteiger partial charge in [-0.05, 0) is 65.6 Å². The smallest absolute Gasteiger partial charge is 0.0591 e. The normalized spacial score (nSPS) is 19.9. The van der Waals surface area contributed by atoms with Crippen molar-refractivity contribution in [1.29, 1.82) is 0 Å². The Kier molecular flexibility index (Phi) is 4.90. The predicted octanol–water partition coefficient (Wildman–Crippen LogP) is 2.41. The lowest BCUT2D eigenvalue weighted by atomic mass is 10.0. The quantitative estimate of drug-likeness (QED) is 0.687. The first-order chi connectivity index (χ1) is 6.58. The summed E-state index contributed by atoms with van der Waals surface area (Å²) < 4.78 is 0. The molecule has 1 aliphatic rings. The third-order valence-corrected chi connectivity index (χ3v) is 2.96. The summed E-state index contributed by atoms with van der Waals surface area (Å²) in [6.07, 6.45) is 7.50. The van der Waals surface area contributed by atoms with Crippen molar-refractivity contribution >= 4 is 0 Å². The van der Waals surface area contributed by atoms with Crippen molar-refractivity contribution in [2.75, 3.05) is 19.6 Å². The fraction of sp³-hybridized carbons (Fsp3) is 1.00. The lowest BCUT2D eigenvalue weighted by Crippen LogP contribution is -2.30. The van der Waals surface area contributed by atoms with Crippen LogP contribution in [-0.2, 0) is 0 Å². The highest BCUT2D eigenvalue weighted by Gasteiger charge is 2.13. The molecule has 1 rings (SSSR count). The van der Waals surface area contributed by atoms with Crippen molar-refractivity contribution in [3.8, 4) is 0 Å². The third-order valence-electron chi connectivity index (χ3n) is 2.96. The largest absolute Gasteiger partial charge is 0.390 e. The van der Waals surface area contributed by atoms with Crippen LogP contribution >= 0.6 is 0 Å². The topological polar surface area (TPSA) is 23.5 Å². The molecular weight excluding hydrogens is 174 g/mol. The van der Waals surface area contributed by atoms with Crippen LogP contribution in [0.5, 0.6) is 0 Å². The molecule has 1 N–H and O–H groups in total. The second kappa shape index (κ2) is 5.72. The summed E-state index contributed by atoms with van der Waals surface area (Å²) in [6.45, 7) is 7.61. The van der Waals surface area contributed by atoms with E-state index >= 15 is 0 Å². The van der Waals surface area contributed by atoms with Gasteiger partial charge in [0.1, 0.15) is 0 Å². The molecule has 2 nitrogen and oxygen atoms in total. The molecule has 1 aliphatic heterocycles. The van der Waals surface area contributed by atoms with Gasteiger partial charge in [-0.25, -0.2) is 0 Å². The van der Waals surface area contributed by atoms with E-state index in [1.807, 2.05) is 13.8 Å². The lowest BCUT2D eigenvalue weighted by Gasteiger charge is -2.26. The van der Waals surface area contributed by atoms with Gasteiger partial charge in [0.25, 0.3) is 0 Å². The highest BCUT2D eigenvalue weighted by Crippen LogP contribution is 2.14. The maximum atomic E-state index is 9.54. The van der Waals surface area contributed by atoms with E-state index in [4.69, 9.17) is 0 Å². The van der Waals surface area contributed by atoms with E-state index in [1.165, 1.54) is 45.3 Å². The molecule has 84 valence electrons.